The summed E-state index contributed by atoms with van der Waals surface area (Å²) in [7, 11) is 0. The molecule has 0 radical (unpaired) electrons. The summed E-state index contributed by atoms with van der Waals surface area (Å²) in [4.78, 5) is 18.1. The number of hydrogen-bond donors (Lipinski definition) is 1. The first-order valence-corrected chi connectivity index (χ1v) is 6.14. The van der Waals surface area contributed by atoms with E-state index >= 15 is 0 Å². The van der Waals surface area contributed by atoms with Crippen LogP contribution in [0.5, 0.6) is 0 Å². The van der Waals surface area contributed by atoms with Crippen molar-refractivity contribution >= 4 is 5.91 Å². The summed E-state index contributed by atoms with van der Waals surface area (Å²) in [6.07, 6.45) is 4.15. The summed E-state index contributed by atoms with van der Waals surface area (Å²) in [5.41, 5.74) is 5.81. The molecule has 1 amide bonds. The molecule has 0 spiro atoms. The summed E-state index contributed by atoms with van der Waals surface area (Å²) in [6.45, 7) is 4.34. The van der Waals surface area contributed by atoms with E-state index in [2.05, 4.69) is 11.9 Å². The quantitative estimate of drug-likeness (QED) is 0.852. The van der Waals surface area contributed by atoms with Gasteiger partial charge >= 0.3 is 0 Å². The second kappa shape index (κ2) is 5.31. The maximum absolute atomic E-state index is 12.1. The van der Waals surface area contributed by atoms with Crippen molar-refractivity contribution in [2.45, 2.75) is 26.2 Å². The number of likely N-dealkylation sites (tertiary alicyclic amines) is 1. The highest BCUT2D eigenvalue weighted by molar-refractivity contribution is 5.92. The molecular formula is C12H19N3O2. The first kappa shape index (κ1) is 12.1. The molecule has 1 saturated heterocycles. The summed E-state index contributed by atoms with van der Waals surface area (Å²) in [5.74, 6) is 1.23. The molecule has 2 rings (SSSR count). The second-order valence-corrected chi connectivity index (χ2v) is 4.64. The summed E-state index contributed by atoms with van der Waals surface area (Å²) in [5, 5.41) is 0. The minimum Gasteiger partial charge on any atom is -0.448 e. The van der Waals surface area contributed by atoms with E-state index in [9.17, 15) is 4.79 Å². The Morgan fingerprint density at radius 1 is 1.59 bits per heavy atom. The molecular weight excluding hydrogens is 218 g/mol. The number of carbonyl (C=O) groups excluding carboxylic acids is 1. The van der Waals surface area contributed by atoms with Gasteiger partial charge in [-0.25, -0.2) is 4.98 Å². The van der Waals surface area contributed by atoms with Gasteiger partial charge in [0.2, 0.25) is 0 Å². The second-order valence-electron chi connectivity index (χ2n) is 4.64. The van der Waals surface area contributed by atoms with Crippen molar-refractivity contribution in [3.05, 3.63) is 17.8 Å². The molecule has 1 aliphatic heterocycles. The number of nitrogens with zero attached hydrogens (tertiary/aromatic N) is 2. The Hall–Kier alpha value is -1.36. The minimum absolute atomic E-state index is 0.0241. The lowest BCUT2D eigenvalue weighted by Gasteiger charge is -2.29. The van der Waals surface area contributed by atoms with Crippen LogP contribution >= 0.6 is 0 Å². The smallest absolute Gasteiger partial charge is 0.275 e. The summed E-state index contributed by atoms with van der Waals surface area (Å²) < 4.78 is 5.20. The molecule has 0 aromatic carbocycles. The van der Waals surface area contributed by atoms with E-state index in [1.807, 2.05) is 4.90 Å². The zero-order valence-corrected chi connectivity index (χ0v) is 10.2. The molecule has 1 aromatic heterocycles. The van der Waals surface area contributed by atoms with E-state index in [1.54, 1.807) is 0 Å². The number of carbonyl (C=O) groups is 1. The van der Waals surface area contributed by atoms with Crippen LogP contribution in [0.3, 0.4) is 0 Å². The standard InChI is InChI=1S/C12H19N3O2/c1-9-3-6-15(7-4-9)12(16)10-8-17-11(14-10)2-5-13/h8-9H,2-7,13H2,1H3. The van der Waals surface area contributed by atoms with Gasteiger partial charge in [0, 0.05) is 26.1 Å². The number of aromatic nitrogens is 1. The third-order valence-electron chi connectivity index (χ3n) is 3.20. The van der Waals surface area contributed by atoms with E-state index < -0.39 is 0 Å². The average Bonchev–Trinajstić information content (AvgIpc) is 2.78. The van der Waals surface area contributed by atoms with Gasteiger partial charge in [0.05, 0.1) is 0 Å². The Bertz CT molecular complexity index is 381. The van der Waals surface area contributed by atoms with Crippen LogP contribution in [-0.2, 0) is 6.42 Å². The number of hydrogen-bond acceptors (Lipinski definition) is 4. The van der Waals surface area contributed by atoms with Crippen LogP contribution in [0.2, 0.25) is 0 Å². The van der Waals surface area contributed by atoms with Gasteiger partial charge in [0.15, 0.2) is 11.6 Å². The van der Waals surface area contributed by atoms with Gasteiger partial charge in [-0.3, -0.25) is 4.79 Å². The highest BCUT2D eigenvalue weighted by Crippen LogP contribution is 2.18. The number of oxazole rings is 1. The zero-order valence-electron chi connectivity index (χ0n) is 10.2. The van der Waals surface area contributed by atoms with Crippen molar-refractivity contribution in [3.63, 3.8) is 0 Å². The van der Waals surface area contributed by atoms with Crippen LogP contribution in [0.1, 0.15) is 36.1 Å². The molecule has 0 bridgehead atoms. The molecule has 17 heavy (non-hydrogen) atoms. The first-order valence-electron chi connectivity index (χ1n) is 6.14. The Kier molecular flexibility index (Phi) is 3.78. The molecule has 0 unspecified atom stereocenters. The number of nitrogens with two attached hydrogens (primary N) is 1. The lowest BCUT2D eigenvalue weighted by Crippen LogP contribution is -2.38. The fourth-order valence-corrected chi connectivity index (χ4v) is 2.02. The fourth-order valence-electron chi connectivity index (χ4n) is 2.02. The highest BCUT2D eigenvalue weighted by Gasteiger charge is 2.23. The van der Waals surface area contributed by atoms with Gasteiger partial charge in [-0.15, -0.1) is 0 Å². The molecule has 1 aromatic rings. The van der Waals surface area contributed by atoms with Gasteiger partial charge in [-0.05, 0) is 18.8 Å². The summed E-state index contributed by atoms with van der Waals surface area (Å²) >= 11 is 0. The predicted octanol–water partition coefficient (Wildman–Crippen LogP) is 1.05. The van der Waals surface area contributed by atoms with Gasteiger partial charge in [-0.1, -0.05) is 6.92 Å². The van der Waals surface area contributed by atoms with E-state index in [0.29, 0.717) is 30.5 Å². The average molecular weight is 237 g/mol. The van der Waals surface area contributed by atoms with E-state index in [4.69, 9.17) is 10.2 Å². The maximum atomic E-state index is 12.1. The summed E-state index contributed by atoms with van der Waals surface area (Å²) in [6, 6.07) is 0. The van der Waals surface area contributed by atoms with Crippen LogP contribution < -0.4 is 5.73 Å². The van der Waals surface area contributed by atoms with Gasteiger partial charge in [-0.2, -0.15) is 0 Å². The molecule has 94 valence electrons. The van der Waals surface area contributed by atoms with Gasteiger partial charge in [0.1, 0.15) is 6.26 Å². The molecule has 1 fully saturated rings. The lowest BCUT2D eigenvalue weighted by molar-refractivity contribution is 0.0691. The maximum Gasteiger partial charge on any atom is 0.275 e. The highest BCUT2D eigenvalue weighted by atomic mass is 16.3. The third-order valence-corrected chi connectivity index (χ3v) is 3.20. The zero-order chi connectivity index (χ0) is 12.3. The van der Waals surface area contributed by atoms with Gasteiger partial charge < -0.3 is 15.1 Å². The minimum atomic E-state index is -0.0241. The Labute approximate surface area is 101 Å². The lowest BCUT2D eigenvalue weighted by atomic mass is 9.99. The van der Waals surface area contributed by atoms with Crippen molar-refractivity contribution in [1.29, 1.82) is 0 Å². The predicted molar refractivity (Wildman–Crippen MR) is 63.6 cm³/mol. The van der Waals surface area contributed by atoms with Crippen LogP contribution in [0.15, 0.2) is 10.7 Å². The monoisotopic (exact) mass is 237 g/mol. The topological polar surface area (TPSA) is 72.4 Å². The van der Waals surface area contributed by atoms with Crippen LogP contribution in [-0.4, -0.2) is 35.4 Å². The number of rotatable bonds is 3. The van der Waals surface area contributed by atoms with E-state index in [0.717, 1.165) is 25.9 Å². The van der Waals surface area contributed by atoms with Gasteiger partial charge in [0.25, 0.3) is 5.91 Å². The van der Waals surface area contributed by atoms with Crippen molar-refractivity contribution in [3.8, 4) is 0 Å². The fraction of sp³-hybridized carbons (Fsp3) is 0.667. The number of piperidine rings is 1. The molecule has 1 aliphatic rings. The van der Waals surface area contributed by atoms with Crippen LogP contribution in [0, 0.1) is 5.92 Å². The van der Waals surface area contributed by atoms with Crippen molar-refractivity contribution in [2.24, 2.45) is 11.7 Å². The molecule has 0 atom stereocenters. The van der Waals surface area contributed by atoms with Crippen molar-refractivity contribution in [2.75, 3.05) is 19.6 Å². The molecule has 5 heteroatoms. The third kappa shape index (κ3) is 2.85. The Morgan fingerprint density at radius 2 is 2.29 bits per heavy atom. The molecule has 5 nitrogen and oxygen atoms in total. The normalized spacial score (nSPS) is 17.4. The largest absolute Gasteiger partial charge is 0.448 e. The molecule has 0 aliphatic carbocycles. The first-order chi connectivity index (χ1) is 8.20. The molecule has 0 saturated carbocycles. The van der Waals surface area contributed by atoms with E-state index in [1.165, 1.54) is 6.26 Å². The molecule has 2 N–H and O–H groups in total. The molecule has 2 heterocycles. The van der Waals surface area contributed by atoms with Crippen molar-refractivity contribution in [1.82, 2.24) is 9.88 Å². The number of amides is 1. The Morgan fingerprint density at radius 3 is 2.94 bits per heavy atom. The van der Waals surface area contributed by atoms with E-state index in [-0.39, 0.29) is 5.91 Å². The Balaban J connectivity index is 1.98. The van der Waals surface area contributed by atoms with Crippen molar-refractivity contribution < 1.29 is 9.21 Å². The SMILES string of the molecule is CC1CCN(C(=O)c2coc(CCN)n2)CC1. The van der Waals surface area contributed by atoms with Crippen LogP contribution in [0.4, 0.5) is 0 Å². The van der Waals surface area contributed by atoms with Crippen LogP contribution in [0.25, 0.3) is 0 Å².